The van der Waals surface area contributed by atoms with Gasteiger partial charge in [-0.2, -0.15) is 5.10 Å². The van der Waals surface area contributed by atoms with Crippen LogP contribution in [0.15, 0.2) is 28.5 Å². The molecular weight excluding hydrogens is 239 g/mol. The third kappa shape index (κ3) is 2.08. The standard InChI is InChI=1S/C9H6ClFN2OS/c10-7-2-1-3-8(11)6(7)4-13-9(14)15-5-12-13/h1-3,5H,4H2. The molecule has 78 valence electrons. The lowest BCUT2D eigenvalue weighted by molar-refractivity contribution is 0.580. The van der Waals surface area contributed by atoms with Crippen LogP contribution in [0.1, 0.15) is 5.56 Å². The topological polar surface area (TPSA) is 34.9 Å². The van der Waals surface area contributed by atoms with Crippen molar-refractivity contribution in [3.63, 3.8) is 0 Å². The number of benzene rings is 1. The van der Waals surface area contributed by atoms with Gasteiger partial charge in [0.15, 0.2) is 0 Å². The van der Waals surface area contributed by atoms with Crippen LogP contribution in [0.3, 0.4) is 0 Å². The fourth-order valence-electron chi connectivity index (χ4n) is 1.17. The Kier molecular flexibility index (Phi) is 2.83. The van der Waals surface area contributed by atoms with Crippen molar-refractivity contribution in [1.29, 1.82) is 0 Å². The minimum Gasteiger partial charge on any atom is -0.255 e. The Balaban J connectivity index is 2.40. The van der Waals surface area contributed by atoms with Crippen molar-refractivity contribution in [3.05, 3.63) is 49.8 Å². The van der Waals surface area contributed by atoms with Crippen molar-refractivity contribution in [2.24, 2.45) is 0 Å². The first-order chi connectivity index (χ1) is 7.18. The molecule has 1 aromatic heterocycles. The molecule has 0 bridgehead atoms. The monoisotopic (exact) mass is 244 g/mol. The molecule has 0 atom stereocenters. The Bertz CT molecular complexity index is 517. The van der Waals surface area contributed by atoms with Crippen LogP contribution in [-0.2, 0) is 6.54 Å². The van der Waals surface area contributed by atoms with Crippen molar-refractivity contribution in [2.75, 3.05) is 0 Å². The summed E-state index contributed by atoms with van der Waals surface area (Å²) in [5, 5.41) is 4.09. The Morgan fingerprint density at radius 3 is 2.93 bits per heavy atom. The minimum absolute atomic E-state index is 0.0633. The number of nitrogens with zero attached hydrogens (tertiary/aromatic N) is 2. The average molecular weight is 245 g/mol. The first-order valence-corrected chi connectivity index (χ1v) is 5.38. The summed E-state index contributed by atoms with van der Waals surface area (Å²) >= 11 is 6.79. The van der Waals surface area contributed by atoms with Crippen LogP contribution in [0.25, 0.3) is 0 Å². The zero-order valence-electron chi connectivity index (χ0n) is 7.48. The Morgan fingerprint density at radius 1 is 1.53 bits per heavy atom. The van der Waals surface area contributed by atoms with E-state index in [9.17, 15) is 9.18 Å². The predicted octanol–water partition coefficient (Wildman–Crippen LogP) is 2.15. The molecule has 0 aliphatic carbocycles. The van der Waals surface area contributed by atoms with E-state index in [1.165, 1.54) is 22.3 Å². The first kappa shape index (κ1) is 10.3. The van der Waals surface area contributed by atoms with Gasteiger partial charge in [-0.15, -0.1) is 0 Å². The van der Waals surface area contributed by atoms with Gasteiger partial charge in [-0.1, -0.05) is 29.0 Å². The maximum atomic E-state index is 13.3. The molecule has 3 nitrogen and oxygen atoms in total. The van der Waals surface area contributed by atoms with Crippen LogP contribution in [0.5, 0.6) is 0 Å². The molecule has 2 rings (SSSR count). The van der Waals surface area contributed by atoms with E-state index in [2.05, 4.69) is 5.10 Å². The van der Waals surface area contributed by atoms with Gasteiger partial charge < -0.3 is 0 Å². The second kappa shape index (κ2) is 4.12. The molecule has 0 unspecified atom stereocenters. The minimum atomic E-state index is -0.428. The maximum Gasteiger partial charge on any atom is 0.325 e. The molecule has 0 amide bonds. The molecule has 15 heavy (non-hydrogen) atoms. The van der Waals surface area contributed by atoms with Gasteiger partial charge in [-0.05, 0) is 12.1 Å². The second-order valence-electron chi connectivity index (χ2n) is 2.86. The summed E-state index contributed by atoms with van der Waals surface area (Å²) in [6.07, 6.45) is 0. The summed E-state index contributed by atoms with van der Waals surface area (Å²) in [7, 11) is 0. The highest BCUT2D eigenvalue weighted by Gasteiger charge is 2.09. The van der Waals surface area contributed by atoms with E-state index < -0.39 is 5.82 Å². The van der Waals surface area contributed by atoms with Crippen LogP contribution < -0.4 is 4.87 Å². The number of aromatic nitrogens is 2. The molecule has 0 saturated carbocycles. The Labute approximate surface area is 93.7 Å². The third-order valence-corrected chi connectivity index (χ3v) is 2.89. The largest absolute Gasteiger partial charge is 0.325 e. The second-order valence-corrected chi connectivity index (χ2v) is 4.07. The lowest BCUT2D eigenvalue weighted by atomic mass is 10.2. The highest BCUT2D eigenvalue weighted by atomic mass is 35.5. The molecule has 0 N–H and O–H groups in total. The Morgan fingerprint density at radius 2 is 2.33 bits per heavy atom. The van der Waals surface area contributed by atoms with E-state index in [0.717, 1.165) is 11.3 Å². The van der Waals surface area contributed by atoms with Crippen LogP contribution in [0.2, 0.25) is 5.02 Å². The van der Waals surface area contributed by atoms with Gasteiger partial charge in [0.2, 0.25) is 0 Å². The molecule has 0 spiro atoms. The van der Waals surface area contributed by atoms with E-state index in [4.69, 9.17) is 11.6 Å². The summed E-state index contributed by atoms with van der Waals surface area (Å²) < 4.78 is 14.5. The van der Waals surface area contributed by atoms with Crippen LogP contribution >= 0.6 is 22.9 Å². The highest BCUT2D eigenvalue weighted by molar-refractivity contribution is 7.06. The van der Waals surface area contributed by atoms with E-state index in [1.54, 1.807) is 6.07 Å². The molecule has 1 aromatic carbocycles. The van der Waals surface area contributed by atoms with E-state index in [-0.39, 0.29) is 17.0 Å². The lowest BCUT2D eigenvalue weighted by Crippen LogP contribution is -2.16. The van der Waals surface area contributed by atoms with Crippen molar-refractivity contribution >= 4 is 22.9 Å². The van der Waals surface area contributed by atoms with Crippen molar-refractivity contribution in [1.82, 2.24) is 9.78 Å². The molecule has 2 aromatic rings. The summed E-state index contributed by atoms with van der Waals surface area (Å²) in [5.74, 6) is -0.428. The van der Waals surface area contributed by atoms with Crippen LogP contribution in [0, 0.1) is 5.82 Å². The zero-order valence-corrected chi connectivity index (χ0v) is 9.06. The van der Waals surface area contributed by atoms with Gasteiger partial charge >= 0.3 is 4.87 Å². The van der Waals surface area contributed by atoms with E-state index >= 15 is 0 Å². The predicted molar refractivity (Wildman–Crippen MR) is 56.9 cm³/mol. The number of rotatable bonds is 2. The molecule has 0 radical (unpaired) electrons. The quantitative estimate of drug-likeness (QED) is 0.811. The number of hydrogen-bond acceptors (Lipinski definition) is 3. The van der Waals surface area contributed by atoms with E-state index in [0.29, 0.717) is 5.02 Å². The van der Waals surface area contributed by atoms with Gasteiger partial charge in [0.25, 0.3) is 0 Å². The number of hydrogen-bond donors (Lipinski definition) is 0. The summed E-state index contributed by atoms with van der Waals surface area (Å²) in [6.45, 7) is 0.0633. The van der Waals surface area contributed by atoms with Gasteiger partial charge in [0.05, 0.1) is 6.54 Å². The van der Waals surface area contributed by atoms with Gasteiger partial charge in [0, 0.05) is 10.6 Å². The fraction of sp³-hybridized carbons (Fsp3) is 0.111. The summed E-state index contributed by atoms with van der Waals surface area (Å²) in [4.78, 5) is 11.0. The summed E-state index contributed by atoms with van der Waals surface area (Å²) in [5.41, 5.74) is 1.70. The third-order valence-electron chi connectivity index (χ3n) is 1.92. The summed E-state index contributed by atoms with van der Waals surface area (Å²) in [6, 6.07) is 4.40. The van der Waals surface area contributed by atoms with Crippen molar-refractivity contribution in [3.8, 4) is 0 Å². The zero-order chi connectivity index (χ0) is 10.8. The highest BCUT2D eigenvalue weighted by Crippen LogP contribution is 2.19. The average Bonchev–Trinajstić information content (AvgIpc) is 2.58. The molecule has 0 aliphatic rings. The maximum absolute atomic E-state index is 13.3. The van der Waals surface area contributed by atoms with Crippen LogP contribution in [0.4, 0.5) is 4.39 Å². The molecule has 0 fully saturated rings. The lowest BCUT2D eigenvalue weighted by Gasteiger charge is -2.04. The van der Waals surface area contributed by atoms with Gasteiger partial charge in [0.1, 0.15) is 11.3 Å². The smallest absolute Gasteiger partial charge is 0.255 e. The Hall–Kier alpha value is -1.20. The van der Waals surface area contributed by atoms with E-state index in [1.807, 2.05) is 0 Å². The van der Waals surface area contributed by atoms with Crippen molar-refractivity contribution in [2.45, 2.75) is 6.54 Å². The van der Waals surface area contributed by atoms with Crippen molar-refractivity contribution < 1.29 is 4.39 Å². The molecular formula is C9H6ClFN2OS. The molecule has 1 heterocycles. The van der Waals surface area contributed by atoms with Gasteiger partial charge in [-0.25, -0.2) is 9.07 Å². The fourth-order valence-corrected chi connectivity index (χ4v) is 1.88. The normalized spacial score (nSPS) is 10.5. The number of halogens is 2. The SMILES string of the molecule is O=c1scnn1Cc1c(F)cccc1Cl. The molecule has 6 heteroatoms. The van der Waals surface area contributed by atoms with Crippen LogP contribution in [-0.4, -0.2) is 9.78 Å². The van der Waals surface area contributed by atoms with Gasteiger partial charge in [-0.3, -0.25) is 4.79 Å². The first-order valence-electron chi connectivity index (χ1n) is 4.12. The molecule has 0 aliphatic heterocycles. The molecule has 0 saturated heterocycles.